The average molecular weight is 292 g/mol. The maximum Gasteiger partial charge on any atom is 0.323 e. The van der Waals surface area contributed by atoms with Crippen LogP contribution in [0.1, 0.15) is 44.3 Å². The van der Waals surface area contributed by atoms with E-state index < -0.39 is 0 Å². The molecule has 6 heteroatoms. The van der Waals surface area contributed by atoms with Gasteiger partial charge in [-0.25, -0.2) is 9.67 Å². The fraction of sp³-hybridized carbons (Fsp3) is 0.800. The zero-order chi connectivity index (χ0) is 15.0. The third-order valence-electron chi connectivity index (χ3n) is 4.56. The van der Waals surface area contributed by atoms with Crippen LogP contribution in [0.3, 0.4) is 0 Å². The van der Waals surface area contributed by atoms with Gasteiger partial charge in [-0.3, -0.25) is 9.69 Å². The van der Waals surface area contributed by atoms with E-state index >= 15 is 0 Å². The second kappa shape index (κ2) is 5.75. The van der Waals surface area contributed by atoms with Gasteiger partial charge in [0.2, 0.25) is 0 Å². The molecule has 3 atom stereocenters. The van der Waals surface area contributed by atoms with E-state index in [0.717, 1.165) is 44.0 Å². The lowest BCUT2D eigenvalue weighted by molar-refractivity contribution is -0.146. The summed E-state index contributed by atoms with van der Waals surface area (Å²) in [6, 6.07) is 0.275. The third-order valence-corrected chi connectivity index (χ3v) is 4.56. The number of rotatable bonds is 3. The van der Waals surface area contributed by atoms with E-state index in [1.165, 1.54) is 6.42 Å². The van der Waals surface area contributed by atoms with Gasteiger partial charge in [0.25, 0.3) is 0 Å². The van der Waals surface area contributed by atoms with Gasteiger partial charge in [-0.05, 0) is 40.2 Å². The van der Waals surface area contributed by atoms with Gasteiger partial charge in [0.05, 0.1) is 6.54 Å². The van der Waals surface area contributed by atoms with Crippen LogP contribution < -0.4 is 0 Å². The van der Waals surface area contributed by atoms with Gasteiger partial charge < -0.3 is 4.74 Å². The second-order valence-corrected chi connectivity index (χ2v) is 6.27. The summed E-state index contributed by atoms with van der Waals surface area (Å²) in [5.41, 5.74) is 0. The summed E-state index contributed by atoms with van der Waals surface area (Å²) in [7, 11) is 0. The molecule has 3 rings (SSSR count). The van der Waals surface area contributed by atoms with Crippen LogP contribution >= 0.6 is 0 Å². The Morgan fingerprint density at radius 1 is 1.33 bits per heavy atom. The van der Waals surface area contributed by atoms with Gasteiger partial charge in [-0.1, -0.05) is 6.42 Å². The van der Waals surface area contributed by atoms with Crippen LogP contribution in [-0.4, -0.2) is 50.4 Å². The van der Waals surface area contributed by atoms with Crippen LogP contribution in [0.2, 0.25) is 0 Å². The molecule has 116 valence electrons. The number of cyclic esters (lactones) is 1. The van der Waals surface area contributed by atoms with Crippen molar-refractivity contribution in [1.82, 2.24) is 19.7 Å². The summed E-state index contributed by atoms with van der Waals surface area (Å²) in [4.78, 5) is 18.8. The van der Waals surface area contributed by atoms with E-state index in [-0.39, 0.29) is 18.1 Å². The van der Waals surface area contributed by atoms with Crippen LogP contribution in [0.15, 0.2) is 0 Å². The lowest BCUT2D eigenvalue weighted by atomic mass is 9.98. The van der Waals surface area contributed by atoms with Crippen molar-refractivity contribution in [2.24, 2.45) is 0 Å². The molecule has 0 saturated carbocycles. The number of piperidine rings is 1. The predicted octanol–water partition coefficient (Wildman–Crippen LogP) is 1.45. The number of hydrogen-bond donors (Lipinski definition) is 0. The molecule has 1 aromatic rings. The fourth-order valence-corrected chi connectivity index (χ4v) is 3.57. The highest BCUT2D eigenvalue weighted by Gasteiger charge is 2.40. The molecule has 0 N–H and O–H groups in total. The number of hydrogen-bond acceptors (Lipinski definition) is 5. The maximum absolute atomic E-state index is 12.1. The molecule has 6 nitrogen and oxygen atoms in total. The van der Waals surface area contributed by atoms with Crippen molar-refractivity contribution in [3.05, 3.63) is 11.6 Å². The summed E-state index contributed by atoms with van der Waals surface area (Å²) in [6.45, 7) is 7.66. The van der Waals surface area contributed by atoms with Gasteiger partial charge in [-0.15, -0.1) is 0 Å². The standard InChI is InChI=1S/C15H24N4O2/c1-10-8-14(15(20)21-10)18-7-5-4-6-13(18)9-19-12(3)16-11(2)17-19/h10,13-14H,4-9H2,1-3H3/t10-,13-,14+/m0/s1. The number of aromatic nitrogens is 3. The maximum atomic E-state index is 12.1. The first kappa shape index (κ1) is 14.5. The number of esters is 1. The Kier molecular flexibility index (Phi) is 3.97. The molecular weight excluding hydrogens is 268 g/mol. The largest absolute Gasteiger partial charge is 0.461 e. The van der Waals surface area contributed by atoms with Crippen molar-refractivity contribution in [1.29, 1.82) is 0 Å². The van der Waals surface area contributed by atoms with Crippen LogP contribution in [0.4, 0.5) is 0 Å². The van der Waals surface area contributed by atoms with Gasteiger partial charge in [-0.2, -0.15) is 5.10 Å². The number of likely N-dealkylation sites (tertiary alicyclic amines) is 1. The number of ether oxygens (including phenoxy) is 1. The molecule has 2 aliphatic rings. The van der Waals surface area contributed by atoms with Crippen molar-refractivity contribution >= 4 is 5.97 Å². The molecule has 2 saturated heterocycles. The van der Waals surface area contributed by atoms with E-state index in [2.05, 4.69) is 15.0 Å². The molecule has 0 aliphatic carbocycles. The number of aryl methyl sites for hydroxylation is 2. The first-order valence-electron chi connectivity index (χ1n) is 7.89. The molecule has 0 amide bonds. The van der Waals surface area contributed by atoms with Crippen LogP contribution in [0.5, 0.6) is 0 Å². The van der Waals surface area contributed by atoms with Crippen LogP contribution in [0, 0.1) is 13.8 Å². The van der Waals surface area contributed by atoms with Crippen molar-refractivity contribution in [3.8, 4) is 0 Å². The van der Waals surface area contributed by atoms with Crippen molar-refractivity contribution in [3.63, 3.8) is 0 Å². The number of carbonyl (C=O) groups excluding carboxylic acids is 1. The molecule has 0 spiro atoms. The molecule has 3 heterocycles. The molecule has 0 unspecified atom stereocenters. The Hall–Kier alpha value is -1.43. The molecular formula is C15H24N4O2. The van der Waals surface area contributed by atoms with Crippen LogP contribution in [0.25, 0.3) is 0 Å². The summed E-state index contributed by atoms with van der Waals surface area (Å²) < 4.78 is 7.31. The summed E-state index contributed by atoms with van der Waals surface area (Å²) >= 11 is 0. The van der Waals surface area contributed by atoms with Crippen molar-refractivity contribution < 1.29 is 9.53 Å². The fourth-order valence-electron chi connectivity index (χ4n) is 3.57. The Labute approximate surface area is 125 Å². The van der Waals surface area contributed by atoms with Crippen molar-refractivity contribution in [2.45, 2.75) is 71.2 Å². The zero-order valence-corrected chi connectivity index (χ0v) is 13.1. The Balaban J connectivity index is 1.75. The molecule has 0 bridgehead atoms. The van der Waals surface area contributed by atoms with Gasteiger partial charge in [0, 0.05) is 12.5 Å². The molecule has 1 aromatic heterocycles. The molecule has 0 aromatic carbocycles. The summed E-state index contributed by atoms with van der Waals surface area (Å²) in [5.74, 6) is 1.70. The van der Waals surface area contributed by atoms with E-state index in [9.17, 15) is 4.79 Å². The van der Waals surface area contributed by atoms with Crippen molar-refractivity contribution in [2.75, 3.05) is 6.54 Å². The summed E-state index contributed by atoms with van der Waals surface area (Å²) in [6.07, 6.45) is 4.33. The average Bonchev–Trinajstić information content (AvgIpc) is 2.92. The van der Waals surface area contributed by atoms with Gasteiger partial charge >= 0.3 is 5.97 Å². The molecule has 21 heavy (non-hydrogen) atoms. The Bertz CT molecular complexity index is 528. The second-order valence-electron chi connectivity index (χ2n) is 6.27. The Morgan fingerprint density at radius 2 is 2.14 bits per heavy atom. The number of nitrogens with zero attached hydrogens (tertiary/aromatic N) is 4. The first-order chi connectivity index (χ1) is 10.0. The lowest BCUT2D eigenvalue weighted by Crippen LogP contribution is -2.50. The van der Waals surface area contributed by atoms with E-state index in [4.69, 9.17) is 4.74 Å². The number of carbonyl (C=O) groups is 1. The zero-order valence-electron chi connectivity index (χ0n) is 13.1. The first-order valence-corrected chi connectivity index (χ1v) is 7.89. The normalized spacial score (nSPS) is 30.6. The van der Waals surface area contributed by atoms with Gasteiger partial charge in [0.15, 0.2) is 0 Å². The highest BCUT2D eigenvalue weighted by Crippen LogP contribution is 2.27. The van der Waals surface area contributed by atoms with Gasteiger partial charge in [0.1, 0.15) is 23.8 Å². The summed E-state index contributed by atoms with van der Waals surface area (Å²) in [5, 5.41) is 4.46. The lowest BCUT2D eigenvalue weighted by Gasteiger charge is -2.38. The minimum Gasteiger partial charge on any atom is -0.461 e. The van der Waals surface area contributed by atoms with E-state index in [1.807, 2.05) is 25.5 Å². The molecule has 0 radical (unpaired) electrons. The monoisotopic (exact) mass is 292 g/mol. The van der Waals surface area contributed by atoms with E-state index in [1.54, 1.807) is 0 Å². The third kappa shape index (κ3) is 2.95. The minimum atomic E-state index is -0.0739. The highest BCUT2D eigenvalue weighted by molar-refractivity contribution is 5.78. The SMILES string of the molecule is Cc1nc(C)n(C[C@@H]2CCCCN2[C@@H]2C[C@H](C)OC2=O)n1. The minimum absolute atomic E-state index is 0.0421. The topological polar surface area (TPSA) is 60.2 Å². The Morgan fingerprint density at radius 3 is 2.76 bits per heavy atom. The molecule has 2 fully saturated rings. The van der Waals surface area contributed by atoms with E-state index in [0.29, 0.717) is 6.04 Å². The van der Waals surface area contributed by atoms with Crippen LogP contribution in [-0.2, 0) is 16.1 Å². The predicted molar refractivity (Wildman–Crippen MR) is 77.8 cm³/mol. The quantitative estimate of drug-likeness (QED) is 0.789. The highest BCUT2D eigenvalue weighted by atomic mass is 16.6. The smallest absolute Gasteiger partial charge is 0.323 e. The molecule has 2 aliphatic heterocycles.